The van der Waals surface area contributed by atoms with Gasteiger partial charge in [-0.3, -0.25) is 4.90 Å². The second kappa shape index (κ2) is 7.06. The molecule has 0 aromatic carbocycles. The predicted octanol–water partition coefficient (Wildman–Crippen LogP) is 3.19. The number of hydrogen-bond acceptors (Lipinski definition) is 4. The molecule has 1 aliphatic rings. The van der Waals surface area contributed by atoms with Crippen molar-refractivity contribution in [2.24, 2.45) is 0 Å². The van der Waals surface area contributed by atoms with Crippen molar-refractivity contribution in [3.63, 3.8) is 0 Å². The molecule has 0 bridgehead atoms. The smallest absolute Gasteiger partial charge is 0.150 e. The third kappa shape index (κ3) is 4.62. The minimum absolute atomic E-state index is 0.433. The largest absolute Gasteiger partial charge is 0.378 e. The third-order valence-corrected chi connectivity index (χ3v) is 3.68. The molecule has 108 valence electrons. The maximum Gasteiger partial charge on any atom is 0.150 e. The first kappa shape index (κ1) is 14.5. The summed E-state index contributed by atoms with van der Waals surface area (Å²) >= 11 is 0. The van der Waals surface area contributed by atoms with E-state index in [0.717, 1.165) is 31.2 Å². The van der Waals surface area contributed by atoms with Crippen LogP contribution in [-0.4, -0.2) is 36.4 Å². The van der Waals surface area contributed by atoms with Crippen molar-refractivity contribution >= 4 is 0 Å². The molecule has 1 aliphatic heterocycles. The molecule has 4 heteroatoms. The van der Waals surface area contributed by atoms with Crippen LogP contribution in [-0.2, 0) is 11.3 Å². The Kier molecular flexibility index (Phi) is 5.40. The average Bonchev–Trinajstić information content (AvgIpc) is 3.00. The highest BCUT2D eigenvalue weighted by molar-refractivity contribution is 5.08. The minimum Gasteiger partial charge on any atom is -0.378 e. The van der Waals surface area contributed by atoms with E-state index in [9.17, 15) is 0 Å². The van der Waals surface area contributed by atoms with Crippen molar-refractivity contribution in [3.05, 3.63) is 17.5 Å². The summed E-state index contributed by atoms with van der Waals surface area (Å²) in [5.74, 6) is 1.39. The van der Waals surface area contributed by atoms with E-state index in [2.05, 4.69) is 37.0 Å². The highest BCUT2D eigenvalue weighted by Gasteiger charge is 2.15. The van der Waals surface area contributed by atoms with E-state index in [-0.39, 0.29) is 0 Å². The minimum atomic E-state index is 0.433. The first-order valence-electron chi connectivity index (χ1n) is 7.41. The van der Waals surface area contributed by atoms with Gasteiger partial charge in [-0.25, -0.2) is 0 Å². The van der Waals surface area contributed by atoms with E-state index in [1.807, 2.05) is 0 Å². The third-order valence-electron chi connectivity index (χ3n) is 3.68. The summed E-state index contributed by atoms with van der Waals surface area (Å²) in [6.45, 7) is 7.14. The summed E-state index contributed by atoms with van der Waals surface area (Å²) in [5, 5.41) is 4.09. The van der Waals surface area contributed by atoms with Crippen LogP contribution in [0.15, 0.2) is 10.6 Å². The van der Waals surface area contributed by atoms with Gasteiger partial charge in [-0.15, -0.1) is 0 Å². The summed E-state index contributed by atoms with van der Waals surface area (Å²) in [7, 11) is 2.13. The first-order valence-corrected chi connectivity index (χ1v) is 7.41. The molecule has 0 unspecified atom stereocenters. The molecule has 19 heavy (non-hydrogen) atoms. The van der Waals surface area contributed by atoms with Crippen molar-refractivity contribution in [2.75, 3.05) is 20.2 Å². The van der Waals surface area contributed by atoms with Gasteiger partial charge in [0.2, 0.25) is 0 Å². The molecular weight excluding hydrogens is 240 g/mol. The maximum absolute atomic E-state index is 5.64. The molecule has 0 N–H and O–H groups in total. The van der Waals surface area contributed by atoms with Crippen LogP contribution in [0.2, 0.25) is 0 Å². The molecule has 1 fully saturated rings. The van der Waals surface area contributed by atoms with Crippen LogP contribution in [0.3, 0.4) is 0 Å². The molecule has 0 spiro atoms. The van der Waals surface area contributed by atoms with Crippen molar-refractivity contribution in [2.45, 2.75) is 58.1 Å². The van der Waals surface area contributed by atoms with Crippen LogP contribution < -0.4 is 0 Å². The first-order chi connectivity index (χ1) is 9.15. The maximum atomic E-state index is 5.64. The van der Waals surface area contributed by atoms with Gasteiger partial charge >= 0.3 is 0 Å². The Balaban J connectivity index is 1.66. The van der Waals surface area contributed by atoms with E-state index < -0.39 is 0 Å². The van der Waals surface area contributed by atoms with Crippen molar-refractivity contribution in [1.82, 2.24) is 10.1 Å². The van der Waals surface area contributed by atoms with Gasteiger partial charge in [0, 0.05) is 12.7 Å². The summed E-state index contributed by atoms with van der Waals surface area (Å²) in [6.07, 6.45) is 5.34. The summed E-state index contributed by atoms with van der Waals surface area (Å²) in [5.41, 5.74) is 1.04. The highest BCUT2D eigenvalue weighted by atomic mass is 16.5. The highest BCUT2D eigenvalue weighted by Crippen LogP contribution is 2.18. The van der Waals surface area contributed by atoms with Gasteiger partial charge in [0.15, 0.2) is 5.76 Å². The molecule has 0 radical (unpaired) electrons. The molecule has 2 rings (SSSR count). The van der Waals surface area contributed by atoms with Crippen LogP contribution >= 0.6 is 0 Å². The van der Waals surface area contributed by atoms with E-state index in [1.165, 1.54) is 25.7 Å². The van der Waals surface area contributed by atoms with E-state index in [0.29, 0.717) is 12.0 Å². The average molecular weight is 266 g/mol. The number of hydrogen-bond donors (Lipinski definition) is 0. The Bertz CT molecular complexity index is 370. The standard InChI is InChI=1S/C15H26N2O2/c1-12(2)15-10-14(19-16-15)11-17(3)8-4-6-13-7-5-9-18-13/h10,12-13H,4-9,11H2,1-3H3/t13-/m1/s1. The fraction of sp³-hybridized carbons (Fsp3) is 0.800. The van der Waals surface area contributed by atoms with E-state index in [1.54, 1.807) is 0 Å². The number of ether oxygens (including phenoxy) is 1. The Morgan fingerprint density at radius 3 is 2.95 bits per heavy atom. The zero-order valence-electron chi connectivity index (χ0n) is 12.4. The lowest BCUT2D eigenvalue weighted by Gasteiger charge is -2.16. The van der Waals surface area contributed by atoms with Crippen LogP contribution in [0.25, 0.3) is 0 Å². The SMILES string of the molecule is CC(C)c1cc(CN(C)CCC[C@@H]2CCCO2)on1. The molecule has 1 aromatic heterocycles. The van der Waals surface area contributed by atoms with Crippen LogP contribution in [0.5, 0.6) is 0 Å². The van der Waals surface area contributed by atoms with Crippen LogP contribution in [0.1, 0.15) is 56.9 Å². The van der Waals surface area contributed by atoms with Gasteiger partial charge in [-0.05, 0) is 45.2 Å². The lowest BCUT2D eigenvalue weighted by Crippen LogP contribution is -2.20. The van der Waals surface area contributed by atoms with Gasteiger partial charge in [-0.2, -0.15) is 0 Å². The second-order valence-corrected chi connectivity index (χ2v) is 5.89. The Morgan fingerprint density at radius 2 is 2.32 bits per heavy atom. The molecule has 0 amide bonds. The monoisotopic (exact) mass is 266 g/mol. The predicted molar refractivity (Wildman–Crippen MR) is 75.1 cm³/mol. The van der Waals surface area contributed by atoms with Crippen molar-refractivity contribution in [1.29, 1.82) is 0 Å². The Hall–Kier alpha value is -0.870. The quantitative estimate of drug-likeness (QED) is 0.759. The zero-order chi connectivity index (χ0) is 13.7. The van der Waals surface area contributed by atoms with E-state index in [4.69, 9.17) is 9.26 Å². The van der Waals surface area contributed by atoms with Gasteiger partial charge in [0.25, 0.3) is 0 Å². The van der Waals surface area contributed by atoms with Gasteiger partial charge in [-0.1, -0.05) is 19.0 Å². The van der Waals surface area contributed by atoms with Gasteiger partial charge in [0.1, 0.15) is 0 Å². The van der Waals surface area contributed by atoms with Crippen molar-refractivity contribution in [3.8, 4) is 0 Å². The molecule has 1 aromatic rings. The molecule has 4 nitrogen and oxygen atoms in total. The molecule has 1 atom stereocenters. The number of rotatable bonds is 7. The number of nitrogens with zero attached hydrogens (tertiary/aromatic N) is 2. The summed E-state index contributed by atoms with van der Waals surface area (Å²) in [6, 6.07) is 2.07. The summed E-state index contributed by atoms with van der Waals surface area (Å²) in [4.78, 5) is 2.29. The molecule has 0 aliphatic carbocycles. The van der Waals surface area contributed by atoms with Crippen molar-refractivity contribution < 1.29 is 9.26 Å². The van der Waals surface area contributed by atoms with E-state index >= 15 is 0 Å². The van der Waals surface area contributed by atoms with Crippen LogP contribution in [0, 0.1) is 0 Å². The topological polar surface area (TPSA) is 38.5 Å². The molecule has 2 heterocycles. The Labute approximate surface area is 116 Å². The molecular formula is C15H26N2O2. The van der Waals surface area contributed by atoms with Crippen LogP contribution in [0.4, 0.5) is 0 Å². The lowest BCUT2D eigenvalue weighted by molar-refractivity contribution is 0.0992. The lowest BCUT2D eigenvalue weighted by atomic mass is 10.1. The summed E-state index contributed by atoms with van der Waals surface area (Å²) < 4.78 is 11.0. The zero-order valence-corrected chi connectivity index (χ0v) is 12.4. The molecule has 1 saturated heterocycles. The number of aromatic nitrogens is 1. The Morgan fingerprint density at radius 1 is 1.47 bits per heavy atom. The second-order valence-electron chi connectivity index (χ2n) is 5.89. The molecule has 0 saturated carbocycles. The van der Waals surface area contributed by atoms with Gasteiger partial charge in [0.05, 0.1) is 18.3 Å². The van der Waals surface area contributed by atoms with Gasteiger partial charge < -0.3 is 9.26 Å². The normalized spacial score (nSPS) is 19.7. The fourth-order valence-electron chi connectivity index (χ4n) is 2.48. The fourth-order valence-corrected chi connectivity index (χ4v) is 2.48.